The minimum Gasteiger partial charge on any atom is -0.369 e. The topological polar surface area (TPSA) is 27.0 Å². The molecule has 0 saturated carbocycles. The van der Waals surface area contributed by atoms with E-state index in [1.54, 1.807) is 0 Å². The van der Waals surface area contributed by atoms with Crippen LogP contribution in [0.2, 0.25) is 0 Å². The first kappa shape index (κ1) is 12.4. The summed E-state index contributed by atoms with van der Waals surface area (Å²) in [5, 5.41) is 9.00. The van der Waals surface area contributed by atoms with Gasteiger partial charge < -0.3 is 4.90 Å². The summed E-state index contributed by atoms with van der Waals surface area (Å²) in [6, 6.07) is 6.88. The molecule has 0 spiro atoms. The fraction of sp³-hybridized carbons (Fsp3) is 0.500. The zero-order chi connectivity index (χ0) is 12.4. The van der Waals surface area contributed by atoms with Crippen molar-refractivity contribution in [3.05, 3.63) is 27.7 Å². The molecule has 0 aromatic heterocycles. The Morgan fingerprint density at radius 1 is 1.41 bits per heavy atom. The lowest BCUT2D eigenvalue weighted by molar-refractivity contribution is 0.484. The number of rotatable bonds is 1. The van der Waals surface area contributed by atoms with Gasteiger partial charge in [0.05, 0.1) is 5.56 Å². The van der Waals surface area contributed by atoms with Crippen molar-refractivity contribution in [1.82, 2.24) is 0 Å². The third-order valence-corrected chi connectivity index (χ3v) is 4.17. The average molecular weight is 293 g/mol. The van der Waals surface area contributed by atoms with Gasteiger partial charge in [-0.2, -0.15) is 5.26 Å². The van der Waals surface area contributed by atoms with E-state index >= 15 is 0 Å². The summed E-state index contributed by atoms with van der Waals surface area (Å²) in [4.78, 5) is 2.46. The average Bonchev–Trinajstić information content (AvgIpc) is 2.32. The molecule has 2 rings (SSSR count). The summed E-state index contributed by atoms with van der Waals surface area (Å²) < 4.78 is 0.901. The molecule has 0 N–H and O–H groups in total. The van der Waals surface area contributed by atoms with Gasteiger partial charge in [-0.1, -0.05) is 0 Å². The van der Waals surface area contributed by atoms with Crippen LogP contribution in [0.5, 0.6) is 0 Å². The summed E-state index contributed by atoms with van der Waals surface area (Å²) in [7, 11) is 0. The lowest BCUT2D eigenvalue weighted by atomic mass is 10.0. The van der Waals surface area contributed by atoms with Crippen molar-refractivity contribution in [3.63, 3.8) is 0 Å². The molecular weight excluding hydrogens is 276 g/mol. The number of anilines is 1. The second-order valence-corrected chi connectivity index (χ2v) is 5.62. The summed E-state index contributed by atoms with van der Waals surface area (Å²) in [6.07, 6.45) is 3.85. The zero-order valence-corrected chi connectivity index (χ0v) is 11.9. The van der Waals surface area contributed by atoms with Crippen molar-refractivity contribution in [2.45, 2.75) is 39.2 Å². The van der Waals surface area contributed by atoms with E-state index in [9.17, 15) is 0 Å². The standard InChI is InChI=1S/C14H17BrN2/c1-10-7-12(9-16)13(15)8-14(10)17-6-4-3-5-11(17)2/h7-8,11H,3-6H2,1-2H3. The van der Waals surface area contributed by atoms with Gasteiger partial charge in [0.25, 0.3) is 0 Å². The number of halogens is 1. The third kappa shape index (κ3) is 2.47. The summed E-state index contributed by atoms with van der Waals surface area (Å²) in [6.45, 7) is 5.50. The monoisotopic (exact) mass is 292 g/mol. The highest BCUT2D eigenvalue weighted by Gasteiger charge is 2.20. The van der Waals surface area contributed by atoms with Gasteiger partial charge in [-0.15, -0.1) is 0 Å². The lowest BCUT2D eigenvalue weighted by Gasteiger charge is -2.36. The van der Waals surface area contributed by atoms with Gasteiger partial charge in [-0.3, -0.25) is 0 Å². The number of nitrogens with zero attached hydrogens (tertiary/aromatic N) is 2. The first-order valence-electron chi connectivity index (χ1n) is 6.10. The molecule has 1 saturated heterocycles. The van der Waals surface area contributed by atoms with E-state index < -0.39 is 0 Å². The van der Waals surface area contributed by atoms with Gasteiger partial charge in [0.1, 0.15) is 6.07 Å². The molecule has 2 nitrogen and oxygen atoms in total. The molecule has 1 atom stereocenters. The molecule has 1 unspecified atom stereocenters. The molecule has 0 bridgehead atoms. The first-order valence-corrected chi connectivity index (χ1v) is 6.89. The molecule has 0 amide bonds. The Bertz CT molecular complexity index is 462. The van der Waals surface area contributed by atoms with Crippen LogP contribution in [-0.4, -0.2) is 12.6 Å². The Kier molecular flexibility index (Phi) is 3.73. The third-order valence-electron chi connectivity index (χ3n) is 3.52. The molecule has 90 valence electrons. The minimum absolute atomic E-state index is 0.599. The van der Waals surface area contributed by atoms with Crippen LogP contribution in [0, 0.1) is 18.3 Å². The highest BCUT2D eigenvalue weighted by Crippen LogP contribution is 2.31. The fourth-order valence-corrected chi connectivity index (χ4v) is 2.94. The van der Waals surface area contributed by atoms with Gasteiger partial charge in [-0.05, 0) is 66.7 Å². The second-order valence-electron chi connectivity index (χ2n) is 4.77. The van der Waals surface area contributed by atoms with E-state index in [0.717, 1.165) is 16.6 Å². The molecule has 1 fully saturated rings. The summed E-state index contributed by atoms with van der Waals surface area (Å²) in [5.41, 5.74) is 3.18. The van der Waals surface area contributed by atoms with Crippen LogP contribution in [0.1, 0.15) is 37.3 Å². The highest BCUT2D eigenvalue weighted by molar-refractivity contribution is 9.10. The Hall–Kier alpha value is -1.01. The van der Waals surface area contributed by atoms with Gasteiger partial charge in [0, 0.05) is 22.7 Å². The minimum atomic E-state index is 0.599. The van der Waals surface area contributed by atoms with Crippen molar-refractivity contribution in [2.75, 3.05) is 11.4 Å². The molecule has 0 radical (unpaired) electrons. The van der Waals surface area contributed by atoms with E-state index in [4.69, 9.17) is 5.26 Å². The Balaban J connectivity index is 2.38. The van der Waals surface area contributed by atoms with Gasteiger partial charge in [0.15, 0.2) is 0 Å². The number of benzene rings is 1. The first-order chi connectivity index (χ1) is 8.13. The van der Waals surface area contributed by atoms with E-state index in [1.807, 2.05) is 6.07 Å². The molecule has 0 aliphatic carbocycles. The molecule has 1 aromatic carbocycles. The molecule has 1 aliphatic heterocycles. The van der Waals surface area contributed by atoms with E-state index in [1.165, 1.54) is 30.5 Å². The number of nitriles is 1. The van der Waals surface area contributed by atoms with Crippen LogP contribution in [0.3, 0.4) is 0 Å². The van der Waals surface area contributed by atoms with Crippen LogP contribution in [0.15, 0.2) is 16.6 Å². The molecular formula is C14H17BrN2. The quantitative estimate of drug-likeness (QED) is 0.782. The maximum absolute atomic E-state index is 9.00. The number of piperidine rings is 1. The number of aryl methyl sites for hydroxylation is 1. The molecule has 1 aliphatic rings. The molecule has 17 heavy (non-hydrogen) atoms. The second kappa shape index (κ2) is 5.10. The van der Waals surface area contributed by atoms with Gasteiger partial charge in [-0.25, -0.2) is 0 Å². The van der Waals surface area contributed by atoms with Crippen molar-refractivity contribution < 1.29 is 0 Å². The van der Waals surface area contributed by atoms with Gasteiger partial charge in [0.2, 0.25) is 0 Å². The zero-order valence-electron chi connectivity index (χ0n) is 10.3. The molecule has 3 heteroatoms. The maximum Gasteiger partial charge on any atom is 0.100 e. The van der Waals surface area contributed by atoms with Crippen molar-refractivity contribution >= 4 is 21.6 Å². The Morgan fingerprint density at radius 3 is 2.82 bits per heavy atom. The van der Waals surface area contributed by atoms with Crippen LogP contribution in [-0.2, 0) is 0 Å². The number of hydrogen-bond donors (Lipinski definition) is 0. The fourth-order valence-electron chi connectivity index (χ4n) is 2.52. The van der Waals surface area contributed by atoms with Crippen LogP contribution in [0.25, 0.3) is 0 Å². The Labute approximate surface area is 111 Å². The van der Waals surface area contributed by atoms with Crippen molar-refractivity contribution in [3.8, 4) is 6.07 Å². The molecule has 1 aromatic rings. The van der Waals surface area contributed by atoms with Crippen molar-refractivity contribution in [2.24, 2.45) is 0 Å². The van der Waals surface area contributed by atoms with Crippen LogP contribution < -0.4 is 4.90 Å². The van der Waals surface area contributed by atoms with Gasteiger partial charge >= 0.3 is 0 Å². The predicted octanol–water partition coefficient (Wildman–Crippen LogP) is 4.01. The summed E-state index contributed by atoms with van der Waals surface area (Å²) in [5.74, 6) is 0. The normalized spacial score (nSPS) is 20.1. The largest absolute Gasteiger partial charge is 0.369 e. The predicted molar refractivity (Wildman–Crippen MR) is 74.3 cm³/mol. The Morgan fingerprint density at radius 2 is 2.18 bits per heavy atom. The molecule has 1 heterocycles. The van der Waals surface area contributed by atoms with Crippen LogP contribution >= 0.6 is 15.9 Å². The lowest BCUT2D eigenvalue weighted by Crippen LogP contribution is -2.37. The van der Waals surface area contributed by atoms with E-state index in [2.05, 4.69) is 46.8 Å². The SMILES string of the molecule is Cc1cc(C#N)c(Br)cc1N1CCCCC1C. The van der Waals surface area contributed by atoms with Crippen molar-refractivity contribution in [1.29, 1.82) is 5.26 Å². The number of hydrogen-bond acceptors (Lipinski definition) is 2. The van der Waals surface area contributed by atoms with Crippen LogP contribution in [0.4, 0.5) is 5.69 Å². The van der Waals surface area contributed by atoms with E-state index in [-0.39, 0.29) is 0 Å². The highest BCUT2D eigenvalue weighted by atomic mass is 79.9. The maximum atomic E-state index is 9.00. The summed E-state index contributed by atoms with van der Waals surface area (Å²) >= 11 is 3.48. The smallest absolute Gasteiger partial charge is 0.100 e. The van der Waals surface area contributed by atoms with E-state index in [0.29, 0.717) is 6.04 Å².